The molecule has 6 rings (SSSR count). The largest absolute Gasteiger partial charge is 0.481 e. The Bertz CT molecular complexity index is 1330. The predicted molar refractivity (Wildman–Crippen MR) is 128 cm³/mol. The maximum absolute atomic E-state index is 15.5. The molecule has 1 aromatic carbocycles. The van der Waals surface area contributed by atoms with Crippen LogP contribution >= 0.6 is 0 Å². The smallest absolute Gasteiger partial charge is 0.307 e. The molecule has 3 atom stereocenters. The topological polar surface area (TPSA) is 87.8 Å². The lowest BCUT2D eigenvalue weighted by molar-refractivity contribution is -0.138. The van der Waals surface area contributed by atoms with Gasteiger partial charge in [-0.15, -0.1) is 0 Å². The number of likely N-dealkylation sites (tertiary alicyclic amines) is 1. The number of aromatic nitrogens is 3. The molecule has 2 saturated carbocycles. The second-order valence-electron chi connectivity index (χ2n) is 10.3. The number of fused-ring (bicyclic) bond motifs is 1. The first kappa shape index (κ1) is 22.2. The van der Waals surface area contributed by atoms with Gasteiger partial charge in [-0.25, -0.2) is 13.9 Å². The summed E-state index contributed by atoms with van der Waals surface area (Å²) < 4.78 is 17.2. The van der Waals surface area contributed by atoms with Gasteiger partial charge in [0.25, 0.3) is 5.91 Å². The Morgan fingerprint density at radius 1 is 1.11 bits per heavy atom. The highest BCUT2D eigenvalue weighted by Crippen LogP contribution is 2.49. The number of carbonyl (C=O) groups is 2. The number of rotatable bonds is 5. The van der Waals surface area contributed by atoms with Crippen LogP contribution in [0.1, 0.15) is 85.5 Å². The Morgan fingerprint density at radius 3 is 2.69 bits per heavy atom. The molecule has 8 heteroatoms. The van der Waals surface area contributed by atoms with Crippen LogP contribution in [0, 0.1) is 11.7 Å². The number of carboxylic acid groups (broad SMARTS) is 1. The van der Waals surface area contributed by atoms with Crippen molar-refractivity contribution >= 4 is 17.5 Å². The van der Waals surface area contributed by atoms with Crippen LogP contribution in [0.3, 0.4) is 0 Å². The van der Waals surface area contributed by atoms with E-state index in [1.165, 1.54) is 0 Å². The van der Waals surface area contributed by atoms with E-state index in [-0.39, 0.29) is 17.9 Å². The molecule has 0 unspecified atom stereocenters. The summed E-state index contributed by atoms with van der Waals surface area (Å²) in [7, 11) is 0. The van der Waals surface area contributed by atoms with E-state index in [1.807, 2.05) is 11.0 Å². The maximum Gasteiger partial charge on any atom is 0.307 e. The Labute approximate surface area is 203 Å². The monoisotopic (exact) mass is 476 g/mol. The minimum Gasteiger partial charge on any atom is -0.481 e. The number of carbonyl (C=O) groups excluding carboxylic acids is 1. The van der Waals surface area contributed by atoms with Gasteiger partial charge in [-0.05, 0) is 56.7 Å². The third-order valence-electron chi connectivity index (χ3n) is 7.79. The van der Waals surface area contributed by atoms with Crippen LogP contribution in [-0.2, 0) is 4.79 Å². The SMILES string of the molecule is C[C@@H]1CCCCCN1C(=O)c1cc(C2CC2)n2nc(-c3cccc([C@@H]4C[C@H]4C(=O)O)c3F)cc2n1. The molecule has 1 amide bonds. The van der Waals surface area contributed by atoms with Crippen LogP contribution in [0.25, 0.3) is 16.9 Å². The summed E-state index contributed by atoms with van der Waals surface area (Å²) in [4.78, 5) is 31.4. The highest BCUT2D eigenvalue weighted by molar-refractivity contribution is 5.93. The first-order valence-electron chi connectivity index (χ1n) is 12.7. The highest BCUT2D eigenvalue weighted by atomic mass is 19.1. The summed E-state index contributed by atoms with van der Waals surface area (Å²) in [6.45, 7) is 2.84. The molecule has 0 bridgehead atoms. The van der Waals surface area contributed by atoms with Crippen molar-refractivity contribution in [2.24, 2.45) is 5.92 Å². The van der Waals surface area contributed by atoms with Crippen LogP contribution < -0.4 is 0 Å². The van der Waals surface area contributed by atoms with Gasteiger partial charge in [0.15, 0.2) is 5.65 Å². The van der Waals surface area contributed by atoms with Gasteiger partial charge in [0, 0.05) is 41.7 Å². The van der Waals surface area contributed by atoms with E-state index < -0.39 is 17.7 Å². The van der Waals surface area contributed by atoms with E-state index in [2.05, 4.69) is 11.9 Å². The second-order valence-corrected chi connectivity index (χ2v) is 10.3. The first-order valence-corrected chi connectivity index (χ1v) is 12.7. The van der Waals surface area contributed by atoms with Crippen molar-refractivity contribution in [1.29, 1.82) is 0 Å². The zero-order valence-corrected chi connectivity index (χ0v) is 19.8. The Hall–Kier alpha value is -3.29. The van der Waals surface area contributed by atoms with Gasteiger partial charge in [0.2, 0.25) is 0 Å². The van der Waals surface area contributed by atoms with Crippen molar-refractivity contribution in [3.05, 3.63) is 53.1 Å². The molecule has 2 aliphatic carbocycles. The Balaban J connectivity index is 1.39. The number of aliphatic carboxylic acids is 1. The molecule has 182 valence electrons. The van der Waals surface area contributed by atoms with Crippen molar-refractivity contribution in [1.82, 2.24) is 19.5 Å². The normalized spacial score (nSPS) is 24.4. The molecular formula is C27H29FN4O3. The molecule has 1 aliphatic heterocycles. The molecule has 2 aromatic heterocycles. The van der Waals surface area contributed by atoms with Crippen LogP contribution in [0.15, 0.2) is 30.3 Å². The zero-order valence-electron chi connectivity index (χ0n) is 19.8. The fourth-order valence-electron chi connectivity index (χ4n) is 5.48. The third-order valence-corrected chi connectivity index (χ3v) is 7.79. The number of halogens is 1. The number of amides is 1. The summed E-state index contributed by atoms with van der Waals surface area (Å²) in [5.41, 5.74) is 3.11. The minimum absolute atomic E-state index is 0.0480. The van der Waals surface area contributed by atoms with Crippen molar-refractivity contribution < 1.29 is 19.1 Å². The molecule has 35 heavy (non-hydrogen) atoms. The molecule has 1 N–H and O–H groups in total. The van der Waals surface area contributed by atoms with Crippen LogP contribution in [0.2, 0.25) is 0 Å². The van der Waals surface area contributed by atoms with Gasteiger partial charge in [0.1, 0.15) is 11.5 Å². The van der Waals surface area contributed by atoms with E-state index in [1.54, 1.807) is 28.8 Å². The fourth-order valence-corrected chi connectivity index (χ4v) is 5.48. The predicted octanol–water partition coefficient (Wildman–Crippen LogP) is 5.01. The zero-order chi connectivity index (χ0) is 24.3. The van der Waals surface area contributed by atoms with Gasteiger partial charge in [-0.3, -0.25) is 9.59 Å². The van der Waals surface area contributed by atoms with E-state index in [4.69, 9.17) is 5.10 Å². The van der Waals surface area contributed by atoms with Crippen molar-refractivity contribution in [2.45, 2.75) is 69.7 Å². The Morgan fingerprint density at radius 2 is 1.94 bits per heavy atom. The average molecular weight is 477 g/mol. The summed E-state index contributed by atoms with van der Waals surface area (Å²) in [5.74, 6) is -1.87. The van der Waals surface area contributed by atoms with Crippen LogP contribution in [0.5, 0.6) is 0 Å². The van der Waals surface area contributed by atoms with Gasteiger partial charge < -0.3 is 10.0 Å². The number of carboxylic acids is 1. The lowest BCUT2D eigenvalue weighted by Gasteiger charge is -2.27. The Kier molecular flexibility index (Phi) is 5.34. The van der Waals surface area contributed by atoms with Crippen molar-refractivity contribution in [3.8, 4) is 11.3 Å². The lowest BCUT2D eigenvalue weighted by atomic mass is 10.0. The second kappa shape index (κ2) is 8.43. The van der Waals surface area contributed by atoms with Gasteiger partial charge in [-0.1, -0.05) is 25.0 Å². The highest BCUT2D eigenvalue weighted by Gasteiger charge is 2.45. The molecule has 3 aliphatic rings. The number of hydrogen-bond donors (Lipinski definition) is 1. The van der Waals surface area contributed by atoms with Gasteiger partial charge >= 0.3 is 5.97 Å². The number of nitrogens with zero attached hydrogens (tertiary/aromatic N) is 4. The summed E-state index contributed by atoms with van der Waals surface area (Å²) in [6, 6.07) is 8.87. The molecule has 3 heterocycles. The molecule has 3 aromatic rings. The minimum atomic E-state index is -0.887. The van der Waals surface area contributed by atoms with Crippen molar-refractivity contribution in [3.63, 3.8) is 0 Å². The molecule has 7 nitrogen and oxygen atoms in total. The van der Waals surface area contributed by atoms with Gasteiger partial charge in [-0.2, -0.15) is 5.10 Å². The lowest BCUT2D eigenvalue weighted by Crippen LogP contribution is -2.38. The maximum atomic E-state index is 15.5. The fraction of sp³-hybridized carbons (Fsp3) is 0.481. The van der Waals surface area contributed by atoms with E-state index in [0.29, 0.717) is 40.5 Å². The van der Waals surface area contributed by atoms with Crippen LogP contribution in [0.4, 0.5) is 4.39 Å². The molecule has 1 saturated heterocycles. The quantitative estimate of drug-likeness (QED) is 0.560. The molecule has 0 spiro atoms. The molecule has 0 radical (unpaired) electrons. The number of hydrogen-bond acceptors (Lipinski definition) is 4. The van der Waals surface area contributed by atoms with Gasteiger partial charge in [0.05, 0.1) is 11.6 Å². The van der Waals surface area contributed by atoms with Crippen LogP contribution in [-0.4, -0.2) is 49.1 Å². The molecule has 3 fully saturated rings. The summed E-state index contributed by atoms with van der Waals surface area (Å²) in [5, 5.41) is 14.0. The average Bonchev–Trinajstić information content (AvgIpc) is 3.75. The summed E-state index contributed by atoms with van der Waals surface area (Å²) >= 11 is 0. The summed E-state index contributed by atoms with van der Waals surface area (Å²) in [6.07, 6.45) is 6.79. The number of benzene rings is 1. The van der Waals surface area contributed by atoms with Crippen molar-refractivity contribution in [2.75, 3.05) is 6.54 Å². The first-order chi connectivity index (χ1) is 16.9. The molecular weight excluding hydrogens is 447 g/mol. The third kappa shape index (κ3) is 3.98. The van der Waals surface area contributed by atoms with E-state index in [9.17, 15) is 14.7 Å². The van der Waals surface area contributed by atoms with E-state index >= 15 is 4.39 Å². The van der Waals surface area contributed by atoms with E-state index in [0.717, 1.165) is 50.8 Å². The standard InChI is InChI=1S/C27H29FN4O3/c1-15-6-3-2-4-11-31(15)26(33)22-13-23(16-9-10-16)32-24(29-22)14-21(30-32)18-8-5-7-17(25(18)28)19-12-20(19)27(34)35/h5,7-8,13-16,19-20H,2-4,6,9-12H2,1H3,(H,34,35)/t15-,19+,20-/m1/s1.